The first-order valence-corrected chi connectivity index (χ1v) is 12.8. The van der Waals surface area contributed by atoms with Crippen molar-refractivity contribution in [1.82, 2.24) is 4.90 Å². The van der Waals surface area contributed by atoms with Gasteiger partial charge in [-0.15, -0.1) is 0 Å². The molecule has 3 aromatic carbocycles. The lowest BCUT2D eigenvalue weighted by molar-refractivity contribution is -0.123. The molecule has 1 aliphatic rings. The summed E-state index contributed by atoms with van der Waals surface area (Å²) in [5.74, 6) is 1.01. The summed E-state index contributed by atoms with van der Waals surface area (Å²) in [7, 11) is 1.55. The Balaban J connectivity index is 1.29. The molecule has 0 aliphatic carbocycles. The number of imide groups is 1. The van der Waals surface area contributed by atoms with E-state index in [0.717, 1.165) is 39.0 Å². The molecule has 1 fully saturated rings. The highest BCUT2D eigenvalue weighted by Gasteiger charge is 2.34. The molecule has 0 atom stereocenters. The van der Waals surface area contributed by atoms with E-state index in [-0.39, 0.29) is 36.8 Å². The zero-order valence-electron chi connectivity index (χ0n) is 21.4. The van der Waals surface area contributed by atoms with Crippen LogP contribution in [0.3, 0.4) is 0 Å². The van der Waals surface area contributed by atoms with E-state index in [9.17, 15) is 14.4 Å². The number of carbonyl (C=O) groups excluding carboxylic acids is 3. The van der Waals surface area contributed by atoms with Crippen LogP contribution in [0, 0.1) is 13.8 Å². The maximum absolute atomic E-state index is 12.8. The number of carbonyl (C=O) groups is 3. The largest absolute Gasteiger partial charge is 0.493 e. The number of anilines is 1. The maximum atomic E-state index is 12.8. The van der Waals surface area contributed by atoms with Crippen LogP contribution in [0.1, 0.15) is 16.7 Å². The van der Waals surface area contributed by atoms with E-state index in [1.54, 1.807) is 49.6 Å². The van der Waals surface area contributed by atoms with Crippen LogP contribution in [-0.2, 0) is 9.59 Å². The molecule has 3 amide bonds. The van der Waals surface area contributed by atoms with E-state index < -0.39 is 0 Å². The van der Waals surface area contributed by atoms with Crippen molar-refractivity contribution >= 4 is 40.6 Å². The van der Waals surface area contributed by atoms with Crippen LogP contribution < -0.4 is 19.5 Å². The standard InChI is InChI=1S/C29H28N2O6S/c1-19-8-13-23(20(2)16-19)30-27(32)18-37-22-11-9-21(10-12-22)17-26-28(33)31(29(34)38-26)14-15-36-25-7-5-4-6-24(25)35-3/h4-13,16-17H,14-15,18H2,1-3H3,(H,30,32)/b26-17-. The molecule has 9 heteroatoms. The molecule has 0 spiro atoms. The molecular formula is C29H28N2O6S. The van der Waals surface area contributed by atoms with Gasteiger partial charge < -0.3 is 19.5 Å². The van der Waals surface area contributed by atoms with Gasteiger partial charge in [-0.25, -0.2) is 0 Å². The summed E-state index contributed by atoms with van der Waals surface area (Å²) in [5, 5.41) is 2.50. The van der Waals surface area contributed by atoms with Gasteiger partial charge in [0, 0.05) is 5.69 Å². The fourth-order valence-electron chi connectivity index (χ4n) is 3.78. The number of benzene rings is 3. The number of thioether (sulfide) groups is 1. The van der Waals surface area contributed by atoms with Crippen LogP contribution >= 0.6 is 11.8 Å². The van der Waals surface area contributed by atoms with E-state index >= 15 is 0 Å². The molecule has 0 unspecified atom stereocenters. The average molecular weight is 533 g/mol. The SMILES string of the molecule is COc1ccccc1OCCN1C(=O)S/C(=C\c2ccc(OCC(=O)Nc3ccc(C)cc3C)cc2)C1=O. The van der Waals surface area contributed by atoms with Crippen LogP contribution in [0.5, 0.6) is 17.2 Å². The highest BCUT2D eigenvalue weighted by Crippen LogP contribution is 2.32. The number of rotatable bonds is 10. The highest BCUT2D eigenvalue weighted by molar-refractivity contribution is 8.18. The predicted molar refractivity (Wildman–Crippen MR) is 148 cm³/mol. The number of para-hydroxylation sites is 2. The normalized spacial score (nSPS) is 14.1. The fourth-order valence-corrected chi connectivity index (χ4v) is 4.64. The first kappa shape index (κ1) is 26.8. The van der Waals surface area contributed by atoms with Crippen molar-refractivity contribution in [3.63, 3.8) is 0 Å². The zero-order valence-corrected chi connectivity index (χ0v) is 22.2. The quantitative estimate of drug-likeness (QED) is 0.347. The minimum Gasteiger partial charge on any atom is -0.493 e. The van der Waals surface area contributed by atoms with Crippen LogP contribution in [-0.4, -0.2) is 48.8 Å². The molecule has 0 radical (unpaired) electrons. The van der Waals surface area contributed by atoms with Crippen LogP contribution in [0.15, 0.2) is 71.6 Å². The number of nitrogens with zero attached hydrogens (tertiary/aromatic N) is 1. The lowest BCUT2D eigenvalue weighted by atomic mass is 10.1. The van der Waals surface area contributed by atoms with E-state index in [1.165, 1.54) is 0 Å². The molecule has 4 rings (SSSR count). The second kappa shape index (κ2) is 12.3. The Kier molecular flexibility index (Phi) is 8.70. The third-order valence-corrected chi connectivity index (χ3v) is 6.63. The number of hydrogen-bond donors (Lipinski definition) is 1. The molecule has 0 bridgehead atoms. The van der Waals surface area contributed by atoms with Crippen molar-refractivity contribution in [3.8, 4) is 17.2 Å². The van der Waals surface area contributed by atoms with E-state index in [0.29, 0.717) is 22.2 Å². The monoisotopic (exact) mass is 532 g/mol. The molecule has 3 aromatic rings. The molecule has 1 saturated heterocycles. The molecule has 8 nitrogen and oxygen atoms in total. The molecule has 196 valence electrons. The number of ether oxygens (including phenoxy) is 3. The molecule has 0 aromatic heterocycles. The van der Waals surface area contributed by atoms with Crippen molar-refractivity contribution in [1.29, 1.82) is 0 Å². The summed E-state index contributed by atoms with van der Waals surface area (Å²) in [6, 6.07) is 19.9. The molecule has 38 heavy (non-hydrogen) atoms. The van der Waals surface area contributed by atoms with Crippen LogP contribution in [0.25, 0.3) is 6.08 Å². The van der Waals surface area contributed by atoms with Gasteiger partial charge in [0.05, 0.1) is 18.6 Å². The first-order chi connectivity index (χ1) is 18.3. The van der Waals surface area contributed by atoms with E-state index in [1.807, 2.05) is 44.2 Å². The lowest BCUT2D eigenvalue weighted by Crippen LogP contribution is -2.32. The summed E-state index contributed by atoms with van der Waals surface area (Å²) in [5.41, 5.74) is 3.59. The predicted octanol–water partition coefficient (Wildman–Crippen LogP) is 5.44. The smallest absolute Gasteiger partial charge is 0.293 e. The van der Waals surface area contributed by atoms with Gasteiger partial charge in [0.2, 0.25) is 0 Å². The zero-order chi connectivity index (χ0) is 27.1. The Morgan fingerprint density at radius 1 is 0.974 bits per heavy atom. The second-order valence-corrected chi connectivity index (χ2v) is 9.55. The Morgan fingerprint density at radius 2 is 1.71 bits per heavy atom. The molecule has 1 N–H and O–H groups in total. The topological polar surface area (TPSA) is 94.2 Å². The molecule has 1 heterocycles. The number of aryl methyl sites for hydroxylation is 2. The van der Waals surface area contributed by atoms with Gasteiger partial charge in [-0.2, -0.15) is 0 Å². The average Bonchev–Trinajstić information content (AvgIpc) is 3.17. The lowest BCUT2D eigenvalue weighted by Gasteiger charge is -2.14. The van der Waals surface area contributed by atoms with E-state index in [2.05, 4.69) is 5.32 Å². The number of methoxy groups -OCH3 is 1. The van der Waals surface area contributed by atoms with Crippen molar-refractivity contribution in [2.24, 2.45) is 0 Å². The van der Waals surface area contributed by atoms with Crippen molar-refractivity contribution < 1.29 is 28.6 Å². The molecular weight excluding hydrogens is 504 g/mol. The summed E-state index contributed by atoms with van der Waals surface area (Å²) in [6.45, 7) is 4.07. The summed E-state index contributed by atoms with van der Waals surface area (Å²) in [4.78, 5) is 39.0. The maximum Gasteiger partial charge on any atom is 0.293 e. The van der Waals surface area contributed by atoms with Gasteiger partial charge in [0.1, 0.15) is 12.4 Å². The second-order valence-electron chi connectivity index (χ2n) is 8.56. The summed E-state index contributed by atoms with van der Waals surface area (Å²) >= 11 is 0.886. The van der Waals surface area contributed by atoms with Gasteiger partial charge in [-0.1, -0.05) is 42.0 Å². The Labute approximate surface area is 225 Å². The van der Waals surface area contributed by atoms with E-state index in [4.69, 9.17) is 14.2 Å². The Morgan fingerprint density at radius 3 is 2.42 bits per heavy atom. The minimum atomic E-state index is -0.368. The van der Waals surface area contributed by atoms with Crippen molar-refractivity contribution in [2.45, 2.75) is 13.8 Å². The third-order valence-electron chi connectivity index (χ3n) is 5.72. The fraction of sp³-hybridized carbons (Fsp3) is 0.207. The van der Waals surface area contributed by atoms with Gasteiger partial charge in [-0.3, -0.25) is 19.3 Å². The molecule has 1 aliphatic heterocycles. The van der Waals surface area contributed by atoms with Crippen molar-refractivity contribution in [2.75, 3.05) is 32.2 Å². The summed E-state index contributed by atoms with van der Waals surface area (Å²) in [6.07, 6.45) is 1.66. The number of nitrogens with one attached hydrogen (secondary N) is 1. The first-order valence-electron chi connectivity index (χ1n) is 11.9. The number of amides is 3. The van der Waals surface area contributed by atoms with Gasteiger partial charge >= 0.3 is 0 Å². The third kappa shape index (κ3) is 6.74. The van der Waals surface area contributed by atoms with Crippen LogP contribution in [0.4, 0.5) is 10.5 Å². The van der Waals surface area contributed by atoms with Crippen molar-refractivity contribution in [3.05, 3.63) is 88.3 Å². The van der Waals surface area contributed by atoms with Crippen LogP contribution in [0.2, 0.25) is 0 Å². The molecule has 0 saturated carbocycles. The Bertz CT molecular complexity index is 1370. The van der Waals surface area contributed by atoms with Gasteiger partial charge in [-0.05, 0) is 73.1 Å². The minimum absolute atomic E-state index is 0.122. The number of hydrogen-bond acceptors (Lipinski definition) is 7. The summed E-state index contributed by atoms with van der Waals surface area (Å²) < 4.78 is 16.5. The highest BCUT2D eigenvalue weighted by atomic mass is 32.2. The van der Waals surface area contributed by atoms with Gasteiger partial charge in [0.15, 0.2) is 18.1 Å². The Hall–Kier alpha value is -4.24. The van der Waals surface area contributed by atoms with Gasteiger partial charge in [0.25, 0.3) is 17.1 Å².